The minimum Gasteiger partial charge on any atom is -0.479 e. The fourth-order valence-corrected chi connectivity index (χ4v) is 1.47. The summed E-state index contributed by atoms with van der Waals surface area (Å²) in [5, 5.41) is 17.4. The summed E-state index contributed by atoms with van der Waals surface area (Å²) >= 11 is 11.2. The lowest BCUT2D eigenvalue weighted by atomic mass is 10.1. The Morgan fingerprint density at radius 1 is 1.35 bits per heavy atom. The molecule has 0 unspecified atom stereocenters. The highest BCUT2D eigenvalue weighted by atomic mass is 35.5. The first-order valence-electron chi connectivity index (χ1n) is 4.18. The third-order valence-corrected chi connectivity index (χ3v) is 2.60. The number of carboxylic acid groups (broad SMARTS) is 1. The van der Waals surface area contributed by atoms with Crippen molar-refractivity contribution < 1.29 is 28.5 Å². The lowest BCUT2D eigenvalue weighted by Crippen LogP contribution is -2.14. The SMILES string of the molecule is O=C(O)[C@@H](O)c1ccc(Cl)c(Cl)c1OC(F)F. The van der Waals surface area contributed by atoms with Gasteiger partial charge in [0.25, 0.3) is 0 Å². The molecular formula is C9H6Cl2F2O4. The van der Waals surface area contributed by atoms with Gasteiger partial charge in [-0.3, -0.25) is 0 Å². The monoisotopic (exact) mass is 286 g/mol. The number of halogens is 4. The maximum absolute atomic E-state index is 12.1. The van der Waals surface area contributed by atoms with E-state index in [0.29, 0.717) is 0 Å². The maximum atomic E-state index is 12.1. The smallest absolute Gasteiger partial charge is 0.387 e. The first kappa shape index (κ1) is 14.0. The van der Waals surface area contributed by atoms with E-state index in [1.807, 2.05) is 0 Å². The molecule has 0 spiro atoms. The molecule has 0 aliphatic rings. The van der Waals surface area contributed by atoms with Gasteiger partial charge in [0.1, 0.15) is 5.02 Å². The fourth-order valence-electron chi connectivity index (χ4n) is 1.10. The Morgan fingerprint density at radius 2 is 1.94 bits per heavy atom. The van der Waals surface area contributed by atoms with Gasteiger partial charge in [-0.2, -0.15) is 8.78 Å². The number of hydrogen-bond donors (Lipinski definition) is 2. The average molecular weight is 287 g/mol. The third kappa shape index (κ3) is 3.18. The predicted molar refractivity (Wildman–Crippen MR) is 55.7 cm³/mol. The minimum atomic E-state index is -3.22. The largest absolute Gasteiger partial charge is 0.479 e. The zero-order valence-corrected chi connectivity index (χ0v) is 9.54. The van der Waals surface area contributed by atoms with E-state index >= 15 is 0 Å². The standard InChI is InChI=1S/C9H6Cl2F2O4/c10-4-2-1-3(6(14)8(15)16)7(5(4)11)17-9(12)13/h1-2,6,9,14H,(H,15,16)/t6-/m0/s1. The number of aliphatic hydroxyl groups excluding tert-OH is 1. The van der Waals surface area contributed by atoms with E-state index < -0.39 is 30.0 Å². The molecule has 0 heterocycles. The van der Waals surface area contributed by atoms with Gasteiger partial charge in [0.05, 0.1) is 5.02 Å². The zero-order chi connectivity index (χ0) is 13.2. The van der Waals surface area contributed by atoms with E-state index in [0.717, 1.165) is 6.07 Å². The van der Waals surface area contributed by atoms with Crippen LogP contribution in [0.25, 0.3) is 0 Å². The Hall–Kier alpha value is -1.11. The fraction of sp³-hybridized carbons (Fsp3) is 0.222. The van der Waals surface area contributed by atoms with Gasteiger partial charge in [-0.15, -0.1) is 0 Å². The summed E-state index contributed by atoms with van der Waals surface area (Å²) in [6.07, 6.45) is -2.03. The zero-order valence-electron chi connectivity index (χ0n) is 8.03. The van der Waals surface area contributed by atoms with E-state index in [2.05, 4.69) is 4.74 Å². The van der Waals surface area contributed by atoms with Crippen LogP contribution in [-0.2, 0) is 4.79 Å². The number of aliphatic hydroxyl groups is 1. The molecule has 2 N–H and O–H groups in total. The van der Waals surface area contributed by atoms with Crippen molar-refractivity contribution in [3.63, 3.8) is 0 Å². The lowest BCUT2D eigenvalue weighted by molar-refractivity contribution is -0.147. The van der Waals surface area contributed by atoms with Gasteiger partial charge in [-0.25, -0.2) is 4.79 Å². The van der Waals surface area contributed by atoms with Crippen LogP contribution in [0.4, 0.5) is 8.78 Å². The Morgan fingerprint density at radius 3 is 2.41 bits per heavy atom. The number of aliphatic carboxylic acids is 1. The first-order chi connectivity index (χ1) is 7.84. The summed E-state index contributed by atoms with van der Waals surface area (Å²) < 4.78 is 28.3. The van der Waals surface area contributed by atoms with Gasteiger partial charge < -0.3 is 14.9 Å². The topological polar surface area (TPSA) is 66.8 Å². The van der Waals surface area contributed by atoms with Crippen molar-refractivity contribution in [3.8, 4) is 5.75 Å². The van der Waals surface area contributed by atoms with Gasteiger partial charge >= 0.3 is 12.6 Å². The van der Waals surface area contributed by atoms with Gasteiger partial charge in [0, 0.05) is 5.56 Å². The summed E-state index contributed by atoms with van der Waals surface area (Å²) in [4.78, 5) is 10.6. The Labute approximate surface area is 104 Å². The molecule has 17 heavy (non-hydrogen) atoms. The lowest BCUT2D eigenvalue weighted by Gasteiger charge is -2.15. The van der Waals surface area contributed by atoms with Crippen LogP contribution in [0.15, 0.2) is 12.1 Å². The molecule has 1 atom stereocenters. The highest BCUT2D eigenvalue weighted by Crippen LogP contribution is 2.38. The van der Waals surface area contributed by atoms with Crippen molar-refractivity contribution >= 4 is 29.2 Å². The van der Waals surface area contributed by atoms with E-state index in [9.17, 15) is 18.7 Å². The van der Waals surface area contributed by atoms with E-state index in [1.54, 1.807) is 0 Å². The normalized spacial score (nSPS) is 12.6. The van der Waals surface area contributed by atoms with Crippen molar-refractivity contribution in [2.45, 2.75) is 12.7 Å². The number of hydrogen-bond acceptors (Lipinski definition) is 3. The van der Waals surface area contributed by atoms with Crippen LogP contribution in [-0.4, -0.2) is 22.8 Å². The molecule has 0 radical (unpaired) electrons. The Bertz CT molecular complexity index is 439. The predicted octanol–water partition coefficient (Wildman–Crippen LogP) is 2.71. The number of alkyl halides is 2. The molecule has 0 aliphatic carbocycles. The van der Waals surface area contributed by atoms with E-state index in [-0.39, 0.29) is 10.0 Å². The molecular weight excluding hydrogens is 281 g/mol. The molecule has 1 aromatic rings. The molecule has 4 nitrogen and oxygen atoms in total. The average Bonchev–Trinajstić information content (AvgIpc) is 2.23. The van der Waals surface area contributed by atoms with Crippen LogP contribution >= 0.6 is 23.2 Å². The molecule has 1 rings (SSSR count). The third-order valence-electron chi connectivity index (χ3n) is 1.82. The van der Waals surface area contributed by atoms with Crippen LogP contribution in [0.2, 0.25) is 10.0 Å². The summed E-state index contributed by atoms with van der Waals surface area (Å²) in [7, 11) is 0. The molecule has 0 saturated carbocycles. The van der Waals surface area contributed by atoms with Crippen molar-refractivity contribution in [1.82, 2.24) is 0 Å². The Kier molecular flexibility index (Phi) is 4.50. The van der Waals surface area contributed by atoms with Crippen molar-refractivity contribution in [2.75, 3.05) is 0 Å². The molecule has 0 fully saturated rings. The highest BCUT2D eigenvalue weighted by Gasteiger charge is 2.25. The maximum Gasteiger partial charge on any atom is 0.387 e. The summed E-state index contributed by atoms with van der Waals surface area (Å²) in [5.41, 5.74) is -0.396. The van der Waals surface area contributed by atoms with Crippen molar-refractivity contribution in [1.29, 1.82) is 0 Å². The van der Waals surface area contributed by atoms with Gasteiger partial charge in [-0.05, 0) is 6.07 Å². The number of carbonyl (C=O) groups is 1. The molecule has 0 aromatic heterocycles. The summed E-state index contributed by atoms with van der Waals surface area (Å²) in [6.45, 7) is -3.22. The second-order valence-electron chi connectivity index (χ2n) is 2.90. The van der Waals surface area contributed by atoms with Crippen molar-refractivity contribution in [2.24, 2.45) is 0 Å². The van der Waals surface area contributed by atoms with Gasteiger partial charge in [-0.1, -0.05) is 29.3 Å². The van der Waals surface area contributed by atoms with Crippen LogP contribution in [0, 0.1) is 0 Å². The molecule has 1 aromatic carbocycles. The van der Waals surface area contributed by atoms with E-state index in [1.165, 1.54) is 6.07 Å². The second-order valence-corrected chi connectivity index (χ2v) is 3.68. The van der Waals surface area contributed by atoms with Gasteiger partial charge in [0.2, 0.25) is 0 Å². The number of carboxylic acids is 1. The number of benzene rings is 1. The van der Waals surface area contributed by atoms with Gasteiger partial charge in [0.15, 0.2) is 11.9 Å². The molecule has 0 amide bonds. The first-order valence-corrected chi connectivity index (χ1v) is 4.93. The Balaban J connectivity index is 3.29. The highest BCUT2D eigenvalue weighted by molar-refractivity contribution is 6.43. The van der Waals surface area contributed by atoms with Crippen LogP contribution in [0.1, 0.15) is 11.7 Å². The molecule has 0 saturated heterocycles. The minimum absolute atomic E-state index is 0.0938. The van der Waals surface area contributed by atoms with Crippen molar-refractivity contribution in [3.05, 3.63) is 27.7 Å². The summed E-state index contributed by atoms with van der Waals surface area (Å²) in [6, 6.07) is 2.22. The molecule has 8 heteroatoms. The summed E-state index contributed by atoms with van der Waals surface area (Å²) in [5.74, 6) is -2.27. The number of ether oxygens (including phenoxy) is 1. The molecule has 0 aliphatic heterocycles. The molecule has 0 bridgehead atoms. The molecule has 94 valence electrons. The van der Waals surface area contributed by atoms with E-state index in [4.69, 9.17) is 28.3 Å². The van der Waals surface area contributed by atoms with Crippen LogP contribution in [0.3, 0.4) is 0 Å². The van der Waals surface area contributed by atoms with Crippen LogP contribution in [0.5, 0.6) is 5.75 Å². The second kappa shape index (κ2) is 5.48. The number of rotatable bonds is 4. The quantitative estimate of drug-likeness (QED) is 0.893. The van der Waals surface area contributed by atoms with Crippen LogP contribution < -0.4 is 4.74 Å².